The van der Waals surface area contributed by atoms with Gasteiger partial charge in [-0.15, -0.1) is 4.73 Å². The maximum atomic E-state index is 11.2. The first-order valence-corrected chi connectivity index (χ1v) is 4.87. The Kier molecular flexibility index (Phi) is 4.73. The molecule has 0 aliphatic carbocycles. The Balaban J connectivity index is 2.88. The Morgan fingerprint density at radius 2 is 2.41 bits per heavy atom. The number of ether oxygens (including phenoxy) is 2. The van der Waals surface area contributed by atoms with Gasteiger partial charge in [-0.2, -0.15) is 4.99 Å². The molecule has 0 spiro atoms. The van der Waals surface area contributed by atoms with Crippen LogP contribution in [0.15, 0.2) is 11.1 Å². The molecule has 0 unspecified atom stereocenters. The highest BCUT2D eigenvalue weighted by Gasteiger charge is 2.04. The predicted octanol–water partition coefficient (Wildman–Crippen LogP) is 0.0397. The molecule has 0 aliphatic rings. The van der Waals surface area contributed by atoms with Crippen molar-refractivity contribution in [3.05, 3.63) is 16.7 Å². The van der Waals surface area contributed by atoms with Crippen molar-refractivity contribution in [3.63, 3.8) is 0 Å². The zero-order valence-electron chi connectivity index (χ0n) is 8.96. The Labute approximate surface area is 101 Å². The minimum atomic E-state index is -0.897. The maximum Gasteiger partial charge on any atom is 0.435 e. The lowest BCUT2D eigenvalue weighted by Crippen LogP contribution is -2.24. The minimum Gasteiger partial charge on any atom is -0.445 e. The van der Waals surface area contributed by atoms with E-state index in [1.807, 2.05) is 0 Å². The highest BCUT2D eigenvalue weighted by molar-refractivity contribution is 6.29. The van der Waals surface area contributed by atoms with Gasteiger partial charge in [0, 0.05) is 13.2 Å². The van der Waals surface area contributed by atoms with E-state index in [4.69, 9.17) is 17.3 Å². The molecule has 1 heterocycles. The summed E-state index contributed by atoms with van der Waals surface area (Å²) in [6.45, 7) is 0.304. The number of anilines is 1. The van der Waals surface area contributed by atoms with Gasteiger partial charge in [0.2, 0.25) is 5.95 Å². The van der Waals surface area contributed by atoms with E-state index in [0.29, 0.717) is 4.73 Å². The fourth-order valence-electron chi connectivity index (χ4n) is 0.892. The van der Waals surface area contributed by atoms with Crippen molar-refractivity contribution in [2.24, 2.45) is 4.99 Å². The Morgan fingerprint density at radius 3 is 3.06 bits per heavy atom. The summed E-state index contributed by atoms with van der Waals surface area (Å²) in [6.07, 6.45) is -0.897. The van der Waals surface area contributed by atoms with E-state index in [-0.39, 0.29) is 29.8 Å². The molecule has 0 saturated carbocycles. The number of carbonyl (C=O) groups is 1. The highest BCUT2D eigenvalue weighted by atomic mass is 35.5. The molecule has 1 aromatic rings. The lowest BCUT2D eigenvalue weighted by molar-refractivity contribution is 0.103. The molecule has 9 heteroatoms. The van der Waals surface area contributed by atoms with Gasteiger partial charge in [-0.1, -0.05) is 11.6 Å². The molecular weight excluding hydrogens is 252 g/mol. The molecule has 0 atom stereocenters. The van der Waals surface area contributed by atoms with E-state index in [1.165, 1.54) is 7.11 Å². The fourth-order valence-corrected chi connectivity index (χ4v) is 1.08. The van der Waals surface area contributed by atoms with Gasteiger partial charge in [0.1, 0.15) is 11.8 Å². The lowest BCUT2D eigenvalue weighted by Gasteiger charge is -2.02. The van der Waals surface area contributed by atoms with Crippen LogP contribution in [0.1, 0.15) is 0 Å². The van der Waals surface area contributed by atoms with Gasteiger partial charge >= 0.3 is 6.09 Å². The summed E-state index contributed by atoms with van der Waals surface area (Å²) < 4.78 is 9.76. The standard InChI is InChI=1S/C8H11ClN4O4/c1-16-2-3-17-8(14)12-6-4-5(9)11-7(10)13(6)15/h4,15H,2-3H2,1H3,(H2,10,11). The largest absolute Gasteiger partial charge is 0.445 e. The highest BCUT2D eigenvalue weighted by Crippen LogP contribution is 2.01. The number of hydrogen-bond donors (Lipinski definition) is 2. The third-order valence-corrected chi connectivity index (χ3v) is 1.82. The second-order valence-electron chi connectivity index (χ2n) is 2.83. The average Bonchev–Trinajstić information content (AvgIpc) is 2.25. The summed E-state index contributed by atoms with van der Waals surface area (Å²) in [7, 11) is 1.47. The van der Waals surface area contributed by atoms with Crippen LogP contribution in [0.2, 0.25) is 5.15 Å². The summed E-state index contributed by atoms with van der Waals surface area (Å²) in [5.41, 5.74) is 5.13. The first kappa shape index (κ1) is 13.3. The van der Waals surface area contributed by atoms with Gasteiger partial charge < -0.3 is 20.4 Å². The molecule has 0 radical (unpaired) electrons. The van der Waals surface area contributed by atoms with Crippen molar-refractivity contribution in [1.29, 1.82) is 0 Å². The SMILES string of the molecule is COCCOC(=O)N=c1cc(Cl)nc(N)n1O. The van der Waals surface area contributed by atoms with Crippen LogP contribution < -0.4 is 11.2 Å². The zero-order chi connectivity index (χ0) is 12.8. The van der Waals surface area contributed by atoms with Gasteiger partial charge in [0.25, 0.3) is 0 Å². The molecule has 0 bridgehead atoms. The van der Waals surface area contributed by atoms with Crippen LogP contribution in [0.5, 0.6) is 0 Å². The Morgan fingerprint density at radius 1 is 1.71 bits per heavy atom. The fraction of sp³-hybridized carbons (Fsp3) is 0.375. The Bertz CT molecular complexity index is 473. The molecule has 0 aliphatic heterocycles. The number of halogens is 1. The molecule has 94 valence electrons. The normalized spacial score (nSPS) is 11.5. The molecular formula is C8H11ClN4O4. The van der Waals surface area contributed by atoms with Crippen molar-refractivity contribution < 1.29 is 19.5 Å². The smallest absolute Gasteiger partial charge is 0.435 e. The molecule has 0 aromatic carbocycles. The second-order valence-corrected chi connectivity index (χ2v) is 3.21. The Hall–Kier alpha value is -1.80. The van der Waals surface area contributed by atoms with Gasteiger partial charge in [-0.25, -0.2) is 9.78 Å². The number of nitrogen functional groups attached to an aromatic ring is 1. The van der Waals surface area contributed by atoms with Crippen LogP contribution >= 0.6 is 11.6 Å². The van der Waals surface area contributed by atoms with Crippen molar-refractivity contribution >= 4 is 23.6 Å². The van der Waals surface area contributed by atoms with E-state index in [0.717, 1.165) is 6.07 Å². The van der Waals surface area contributed by atoms with Crippen LogP contribution in [-0.4, -0.2) is 41.3 Å². The summed E-state index contributed by atoms with van der Waals surface area (Å²) in [5.74, 6) is -0.291. The third-order valence-electron chi connectivity index (χ3n) is 1.62. The summed E-state index contributed by atoms with van der Waals surface area (Å²) in [4.78, 5) is 18.2. The van der Waals surface area contributed by atoms with Crippen molar-refractivity contribution in [3.8, 4) is 0 Å². The summed E-state index contributed by atoms with van der Waals surface area (Å²) in [6, 6.07) is 1.16. The van der Waals surface area contributed by atoms with E-state index in [9.17, 15) is 10.0 Å². The number of nitrogens with zero attached hydrogens (tertiary/aromatic N) is 3. The first-order chi connectivity index (χ1) is 8.04. The number of rotatable bonds is 3. The second kappa shape index (κ2) is 6.06. The average molecular weight is 263 g/mol. The summed E-state index contributed by atoms with van der Waals surface area (Å²) in [5, 5.41) is 9.38. The van der Waals surface area contributed by atoms with Gasteiger partial charge in [0.05, 0.1) is 6.61 Å². The molecule has 1 aromatic heterocycles. The van der Waals surface area contributed by atoms with Crippen LogP contribution in [0.4, 0.5) is 10.7 Å². The molecule has 3 N–H and O–H groups in total. The molecule has 8 nitrogen and oxygen atoms in total. The molecule has 1 amide bonds. The first-order valence-electron chi connectivity index (χ1n) is 4.49. The van der Waals surface area contributed by atoms with Gasteiger partial charge in [0.15, 0.2) is 5.49 Å². The number of amides is 1. The number of aromatic nitrogens is 2. The summed E-state index contributed by atoms with van der Waals surface area (Å²) >= 11 is 5.58. The number of carbonyl (C=O) groups excluding carboxylic acids is 1. The van der Waals surface area contributed by atoms with Crippen LogP contribution in [0.3, 0.4) is 0 Å². The van der Waals surface area contributed by atoms with Crippen molar-refractivity contribution in [1.82, 2.24) is 9.71 Å². The van der Waals surface area contributed by atoms with E-state index < -0.39 is 6.09 Å². The molecule has 0 saturated heterocycles. The predicted molar refractivity (Wildman–Crippen MR) is 57.6 cm³/mol. The zero-order valence-corrected chi connectivity index (χ0v) is 9.72. The minimum absolute atomic E-state index is 0.00348. The molecule has 1 rings (SSSR count). The third kappa shape index (κ3) is 3.93. The maximum absolute atomic E-state index is 11.2. The van der Waals surface area contributed by atoms with E-state index in [2.05, 4.69) is 19.5 Å². The monoisotopic (exact) mass is 262 g/mol. The molecule has 0 fully saturated rings. The van der Waals surface area contributed by atoms with E-state index in [1.54, 1.807) is 0 Å². The molecule has 17 heavy (non-hydrogen) atoms. The van der Waals surface area contributed by atoms with Gasteiger partial charge in [-0.3, -0.25) is 0 Å². The number of methoxy groups -OCH3 is 1. The van der Waals surface area contributed by atoms with Crippen molar-refractivity contribution in [2.45, 2.75) is 0 Å². The van der Waals surface area contributed by atoms with Crippen molar-refractivity contribution in [2.75, 3.05) is 26.1 Å². The van der Waals surface area contributed by atoms with Crippen LogP contribution in [0.25, 0.3) is 0 Å². The number of nitrogens with two attached hydrogens (primary N) is 1. The van der Waals surface area contributed by atoms with Crippen LogP contribution in [-0.2, 0) is 9.47 Å². The van der Waals surface area contributed by atoms with Crippen LogP contribution in [0, 0.1) is 0 Å². The van der Waals surface area contributed by atoms with Gasteiger partial charge in [-0.05, 0) is 0 Å². The topological polar surface area (TPSA) is 112 Å². The number of hydrogen-bond acceptors (Lipinski definition) is 6. The van der Waals surface area contributed by atoms with E-state index >= 15 is 0 Å². The lowest BCUT2D eigenvalue weighted by atomic mass is 10.6. The quantitative estimate of drug-likeness (QED) is 0.452.